The molecule has 0 spiro atoms. The van der Waals surface area contributed by atoms with Crippen LogP contribution in [0.1, 0.15) is 25.1 Å². The van der Waals surface area contributed by atoms with Crippen LogP contribution in [-0.4, -0.2) is 9.38 Å². The Balaban J connectivity index is 2.33. The Morgan fingerprint density at radius 1 is 1.40 bits per heavy atom. The summed E-state index contributed by atoms with van der Waals surface area (Å²) < 4.78 is 2.03. The molecule has 0 saturated heterocycles. The molecule has 0 fully saturated rings. The van der Waals surface area contributed by atoms with Gasteiger partial charge in [-0.25, -0.2) is 0 Å². The van der Waals surface area contributed by atoms with Crippen LogP contribution in [0.15, 0.2) is 23.3 Å². The van der Waals surface area contributed by atoms with E-state index in [1.54, 1.807) is 6.20 Å². The maximum Gasteiger partial charge on any atom is 0.272 e. The number of hydrogen-bond acceptors (Lipinski definition) is 1. The lowest BCUT2D eigenvalue weighted by atomic mass is 9.90. The smallest absolute Gasteiger partial charge is 0.272 e. The van der Waals surface area contributed by atoms with E-state index in [4.69, 9.17) is 0 Å². The maximum atomic E-state index is 11.6. The Morgan fingerprint density at radius 2 is 2.20 bits per heavy atom. The van der Waals surface area contributed by atoms with E-state index < -0.39 is 0 Å². The lowest BCUT2D eigenvalue weighted by Gasteiger charge is -2.15. The molecule has 2 aromatic rings. The summed E-state index contributed by atoms with van der Waals surface area (Å²) in [6, 6.07) is 2.03. The summed E-state index contributed by atoms with van der Waals surface area (Å²) in [6.45, 7) is 4.54. The van der Waals surface area contributed by atoms with Gasteiger partial charge in [0, 0.05) is 18.1 Å². The van der Waals surface area contributed by atoms with Gasteiger partial charge < -0.3 is 9.38 Å². The third-order valence-corrected chi connectivity index (χ3v) is 3.22. The summed E-state index contributed by atoms with van der Waals surface area (Å²) in [4.78, 5) is 14.3. The van der Waals surface area contributed by atoms with Crippen LogP contribution in [0.25, 0.3) is 5.52 Å². The van der Waals surface area contributed by atoms with Crippen molar-refractivity contribution in [2.45, 2.75) is 26.7 Å². The molecule has 15 heavy (non-hydrogen) atoms. The summed E-state index contributed by atoms with van der Waals surface area (Å²) >= 11 is 0. The molecule has 2 aromatic heterocycles. The van der Waals surface area contributed by atoms with Crippen LogP contribution in [0.5, 0.6) is 0 Å². The standard InChI is InChI=1S/C12H14N2O/c1-12(2)6-8-5-9-11(15)13-3-4-14(9)10(8)7-12/h3-5H,6-7H2,1-2H3,(H,13,15). The van der Waals surface area contributed by atoms with E-state index in [2.05, 4.69) is 18.8 Å². The predicted octanol–water partition coefficient (Wildman–Crippen LogP) is 1.75. The summed E-state index contributed by atoms with van der Waals surface area (Å²) in [5.41, 5.74) is 3.76. The van der Waals surface area contributed by atoms with Gasteiger partial charge in [0.25, 0.3) is 5.56 Å². The van der Waals surface area contributed by atoms with E-state index in [1.165, 1.54) is 11.3 Å². The molecule has 3 heteroatoms. The Kier molecular flexibility index (Phi) is 1.48. The molecule has 0 aliphatic heterocycles. The second kappa shape index (κ2) is 2.54. The first-order valence-electron chi connectivity index (χ1n) is 5.27. The number of nitrogens with zero attached hydrogens (tertiary/aromatic N) is 1. The Morgan fingerprint density at radius 3 is 3.00 bits per heavy atom. The van der Waals surface area contributed by atoms with E-state index in [9.17, 15) is 4.79 Å². The van der Waals surface area contributed by atoms with Crippen molar-refractivity contribution in [2.75, 3.05) is 0 Å². The van der Waals surface area contributed by atoms with Crippen molar-refractivity contribution in [3.8, 4) is 0 Å². The van der Waals surface area contributed by atoms with Crippen molar-refractivity contribution in [1.29, 1.82) is 0 Å². The van der Waals surface area contributed by atoms with Gasteiger partial charge in [-0.2, -0.15) is 0 Å². The zero-order valence-corrected chi connectivity index (χ0v) is 9.00. The summed E-state index contributed by atoms with van der Waals surface area (Å²) in [6.07, 6.45) is 5.78. The third kappa shape index (κ3) is 1.16. The number of nitrogens with one attached hydrogen (secondary N) is 1. The number of aromatic nitrogens is 2. The highest BCUT2D eigenvalue weighted by Gasteiger charge is 2.31. The van der Waals surface area contributed by atoms with Crippen LogP contribution in [0.4, 0.5) is 0 Å². The maximum absolute atomic E-state index is 11.6. The summed E-state index contributed by atoms with van der Waals surface area (Å²) in [5, 5.41) is 0. The molecular weight excluding hydrogens is 188 g/mol. The molecule has 0 aromatic carbocycles. The monoisotopic (exact) mass is 202 g/mol. The number of fused-ring (bicyclic) bond motifs is 3. The van der Waals surface area contributed by atoms with Crippen molar-refractivity contribution < 1.29 is 0 Å². The molecule has 0 amide bonds. The van der Waals surface area contributed by atoms with Gasteiger partial charge >= 0.3 is 0 Å². The molecule has 0 atom stereocenters. The van der Waals surface area contributed by atoms with Crippen molar-refractivity contribution in [3.05, 3.63) is 40.1 Å². The first-order valence-corrected chi connectivity index (χ1v) is 5.27. The first kappa shape index (κ1) is 8.77. The van der Waals surface area contributed by atoms with Crippen LogP contribution in [0.2, 0.25) is 0 Å². The van der Waals surface area contributed by atoms with E-state index >= 15 is 0 Å². The van der Waals surface area contributed by atoms with E-state index in [0.717, 1.165) is 18.4 Å². The molecule has 1 aliphatic carbocycles. The Labute approximate surface area is 87.7 Å². The van der Waals surface area contributed by atoms with Crippen molar-refractivity contribution in [1.82, 2.24) is 9.38 Å². The minimum absolute atomic E-state index is 0.00436. The number of aromatic amines is 1. The molecular formula is C12H14N2O. The number of hydrogen-bond donors (Lipinski definition) is 1. The largest absolute Gasteiger partial charge is 0.326 e. The van der Waals surface area contributed by atoms with Crippen LogP contribution in [0, 0.1) is 5.41 Å². The molecule has 1 N–H and O–H groups in total. The fourth-order valence-corrected chi connectivity index (χ4v) is 2.61. The fourth-order valence-electron chi connectivity index (χ4n) is 2.61. The molecule has 3 rings (SSSR count). The van der Waals surface area contributed by atoms with Crippen LogP contribution in [-0.2, 0) is 12.8 Å². The van der Waals surface area contributed by atoms with Gasteiger partial charge in [0.2, 0.25) is 0 Å². The highest BCUT2D eigenvalue weighted by atomic mass is 16.1. The average molecular weight is 202 g/mol. The molecule has 0 saturated carbocycles. The van der Waals surface area contributed by atoms with Crippen molar-refractivity contribution in [2.24, 2.45) is 5.41 Å². The number of H-pyrrole nitrogens is 1. The number of rotatable bonds is 0. The molecule has 0 unspecified atom stereocenters. The van der Waals surface area contributed by atoms with E-state index in [-0.39, 0.29) is 5.56 Å². The van der Waals surface area contributed by atoms with Crippen LogP contribution < -0.4 is 5.56 Å². The zero-order chi connectivity index (χ0) is 10.6. The topological polar surface area (TPSA) is 37.3 Å². The van der Waals surface area contributed by atoms with Crippen LogP contribution in [0.3, 0.4) is 0 Å². The molecule has 0 radical (unpaired) electrons. The van der Waals surface area contributed by atoms with Gasteiger partial charge in [-0.05, 0) is 29.9 Å². The van der Waals surface area contributed by atoms with Gasteiger partial charge in [-0.1, -0.05) is 13.8 Å². The summed E-state index contributed by atoms with van der Waals surface area (Å²) in [7, 11) is 0. The van der Waals surface area contributed by atoms with E-state index in [0.29, 0.717) is 5.41 Å². The SMILES string of the molecule is CC1(C)Cc2cc3c(=O)[nH]ccn3c2C1. The molecule has 3 nitrogen and oxygen atoms in total. The van der Waals surface area contributed by atoms with Gasteiger partial charge in [-0.3, -0.25) is 4.79 Å². The lowest BCUT2D eigenvalue weighted by Crippen LogP contribution is -2.13. The van der Waals surface area contributed by atoms with Gasteiger partial charge in [0.05, 0.1) is 0 Å². The molecule has 78 valence electrons. The second-order valence-corrected chi connectivity index (χ2v) is 5.18. The molecule has 0 bridgehead atoms. The first-order chi connectivity index (χ1) is 7.07. The molecule has 2 heterocycles. The lowest BCUT2D eigenvalue weighted by molar-refractivity contribution is 0.389. The normalized spacial score (nSPS) is 18.3. The van der Waals surface area contributed by atoms with Crippen molar-refractivity contribution in [3.63, 3.8) is 0 Å². The van der Waals surface area contributed by atoms with Crippen LogP contribution >= 0.6 is 0 Å². The highest BCUT2D eigenvalue weighted by molar-refractivity contribution is 5.53. The molecule has 1 aliphatic rings. The highest BCUT2D eigenvalue weighted by Crippen LogP contribution is 2.37. The van der Waals surface area contributed by atoms with Gasteiger partial charge in [0.1, 0.15) is 5.52 Å². The minimum Gasteiger partial charge on any atom is -0.326 e. The van der Waals surface area contributed by atoms with Crippen molar-refractivity contribution >= 4 is 5.52 Å². The Bertz CT molecular complexity index is 589. The second-order valence-electron chi connectivity index (χ2n) is 5.18. The van der Waals surface area contributed by atoms with Gasteiger partial charge in [0.15, 0.2) is 0 Å². The third-order valence-electron chi connectivity index (χ3n) is 3.22. The zero-order valence-electron chi connectivity index (χ0n) is 9.00. The Hall–Kier alpha value is -1.51. The fraction of sp³-hybridized carbons (Fsp3) is 0.417. The average Bonchev–Trinajstić information content (AvgIpc) is 2.59. The summed E-state index contributed by atoms with van der Waals surface area (Å²) in [5.74, 6) is 0. The quantitative estimate of drug-likeness (QED) is 0.694. The van der Waals surface area contributed by atoms with E-state index in [1.807, 2.05) is 16.7 Å². The van der Waals surface area contributed by atoms with Gasteiger partial charge in [-0.15, -0.1) is 0 Å². The predicted molar refractivity (Wildman–Crippen MR) is 59.2 cm³/mol. The minimum atomic E-state index is 0.00436.